The van der Waals surface area contributed by atoms with Gasteiger partial charge in [-0.1, -0.05) is 37.3 Å². The molecule has 2 aromatic rings. The van der Waals surface area contributed by atoms with Crippen LogP contribution in [0.15, 0.2) is 54.6 Å². The van der Waals surface area contributed by atoms with E-state index in [4.69, 9.17) is 0 Å². The normalized spacial score (nSPS) is 19.4. The van der Waals surface area contributed by atoms with Gasteiger partial charge < -0.3 is 20.4 Å². The van der Waals surface area contributed by atoms with E-state index in [0.29, 0.717) is 23.8 Å². The molecule has 33 heavy (non-hydrogen) atoms. The molecule has 7 heteroatoms. The van der Waals surface area contributed by atoms with Crippen LogP contribution >= 0.6 is 0 Å². The molecule has 0 radical (unpaired) electrons. The average molecular weight is 450 g/mol. The monoisotopic (exact) mass is 449 g/mol. The number of urea groups is 1. The summed E-state index contributed by atoms with van der Waals surface area (Å²) in [4.78, 5) is 32.0. The van der Waals surface area contributed by atoms with Crippen LogP contribution in [0.4, 0.5) is 10.5 Å². The minimum atomic E-state index is -0.102. The fourth-order valence-corrected chi connectivity index (χ4v) is 4.64. The lowest BCUT2D eigenvalue weighted by Crippen LogP contribution is -2.51. The average Bonchev–Trinajstić information content (AvgIpc) is 3.36. The molecule has 4 rings (SSSR count). The Morgan fingerprint density at radius 1 is 0.939 bits per heavy atom. The van der Waals surface area contributed by atoms with E-state index in [1.165, 1.54) is 5.56 Å². The van der Waals surface area contributed by atoms with E-state index in [0.717, 1.165) is 58.7 Å². The molecule has 2 aliphatic rings. The van der Waals surface area contributed by atoms with Crippen molar-refractivity contribution in [1.82, 2.24) is 20.0 Å². The number of hydrogen-bond donors (Lipinski definition) is 2. The van der Waals surface area contributed by atoms with Crippen LogP contribution in [-0.2, 0) is 6.42 Å². The molecule has 7 nitrogen and oxygen atoms in total. The van der Waals surface area contributed by atoms with Gasteiger partial charge in [0, 0.05) is 63.1 Å². The molecule has 3 amide bonds. The summed E-state index contributed by atoms with van der Waals surface area (Å²) in [5.41, 5.74) is 2.50. The molecule has 2 fully saturated rings. The van der Waals surface area contributed by atoms with Crippen LogP contribution in [0, 0.1) is 0 Å². The summed E-state index contributed by atoms with van der Waals surface area (Å²) in [6.07, 6.45) is 1.83. The summed E-state index contributed by atoms with van der Waals surface area (Å²) < 4.78 is 0. The second kappa shape index (κ2) is 11.3. The van der Waals surface area contributed by atoms with Gasteiger partial charge >= 0.3 is 6.03 Å². The fourth-order valence-electron chi connectivity index (χ4n) is 4.64. The summed E-state index contributed by atoms with van der Waals surface area (Å²) >= 11 is 0. The van der Waals surface area contributed by atoms with Crippen LogP contribution in [-0.4, -0.2) is 85.0 Å². The van der Waals surface area contributed by atoms with E-state index >= 15 is 0 Å². The standard InChI is InChI=1S/C26H35N5O2/c1-2-29-16-18-30(19-17-29)24-13-15-31(20-24)26(33)28-23-10-8-22(9-11-23)25(32)27-14-12-21-6-4-3-5-7-21/h3-11,24H,2,12-20H2,1H3,(H,27,32)(H,28,33). The van der Waals surface area contributed by atoms with Crippen LogP contribution in [0.3, 0.4) is 0 Å². The summed E-state index contributed by atoms with van der Waals surface area (Å²) in [7, 11) is 0. The Morgan fingerprint density at radius 2 is 1.67 bits per heavy atom. The van der Waals surface area contributed by atoms with Crippen molar-refractivity contribution in [2.75, 3.05) is 57.7 Å². The summed E-state index contributed by atoms with van der Waals surface area (Å²) in [5, 5.41) is 5.94. The van der Waals surface area contributed by atoms with Gasteiger partial charge in [-0.15, -0.1) is 0 Å². The number of likely N-dealkylation sites (tertiary alicyclic amines) is 1. The van der Waals surface area contributed by atoms with Crippen LogP contribution in [0.25, 0.3) is 0 Å². The number of likely N-dealkylation sites (N-methyl/N-ethyl adjacent to an activating group) is 1. The lowest BCUT2D eigenvalue weighted by Gasteiger charge is -2.37. The molecule has 2 heterocycles. The molecule has 2 N–H and O–H groups in total. The van der Waals surface area contributed by atoms with E-state index < -0.39 is 0 Å². The molecule has 0 bridgehead atoms. The summed E-state index contributed by atoms with van der Waals surface area (Å²) in [5.74, 6) is -0.102. The van der Waals surface area contributed by atoms with Crippen molar-refractivity contribution in [1.29, 1.82) is 0 Å². The van der Waals surface area contributed by atoms with E-state index in [-0.39, 0.29) is 11.9 Å². The summed E-state index contributed by atoms with van der Waals surface area (Å²) in [6, 6.07) is 17.6. The number of hydrogen-bond acceptors (Lipinski definition) is 4. The smallest absolute Gasteiger partial charge is 0.321 e. The zero-order chi connectivity index (χ0) is 23.0. The molecule has 176 valence electrons. The Hall–Kier alpha value is -2.90. The molecule has 0 aliphatic carbocycles. The number of nitrogens with one attached hydrogen (secondary N) is 2. The molecule has 2 aromatic carbocycles. The minimum absolute atomic E-state index is 0.0650. The minimum Gasteiger partial charge on any atom is -0.352 e. The first-order valence-electron chi connectivity index (χ1n) is 12.1. The number of rotatable bonds is 7. The first-order valence-corrected chi connectivity index (χ1v) is 12.1. The van der Waals surface area contributed by atoms with Gasteiger partial charge in [-0.2, -0.15) is 0 Å². The topological polar surface area (TPSA) is 67.9 Å². The number of benzene rings is 2. The van der Waals surface area contributed by atoms with Crippen molar-refractivity contribution >= 4 is 17.6 Å². The van der Waals surface area contributed by atoms with Gasteiger partial charge in [0.05, 0.1) is 0 Å². The number of carbonyl (C=O) groups excluding carboxylic acids is 2. The fraction of sp³-hybridized carbons (Fsp3) is 0.462. The maximum atomic E-state index is 12.7. The van der Waals surface area contributed by atoms with Gasteiger partial charge in [-0.3, -0.25) is 9.69 Å². The largest absolute Gasteiger partial charge is 0.352 e. The third kappa shape index (κ3) is 6.33. The number of piperazine rings is 1. The highest BCUT2D eigenvalue weighted by Crippen LogP contribution is 2.19. The Balaban J connectivity index is 1.21. The molecule has 0 aromatic heterocycles. The predicted octanol–water partition coefficient (Wildman–Crippen LogP) is 2.90. The molecule has 2 aliphatic heterocycles. The summed E-state index contributed by atoms with van der Waals surface area (Å²) in [6.45, 7) is 9.88. The highest BCUT2D eigenvalue weighted by atomic mass is 16.2. The van der Waals surface area contributed by atoms with E-state index in [9.17, 15) is 9.59 Å². The lowest BCUT2D eigenvalue weighted by molar-refractivity contribution is 0.0954. The number of amides is 3. The highest BCUT2D eigenvalue weighted by Gasteiger charge is 2.31. The zero-order valence-electron chi connectivity index (χ0n) is 19.5. The molecule has 0 spiro atoms. The second-order valence-electron chi connectivity index (χ2n) is 8.86. The maximum Gasteiger partial charge on any atom is 0.321 e. The number of carbonyl (C=O) groups is 2. The quantitative estimate of drug-likeness (QED) is 0.682. The Kier molecular flexibility index (Phi) is 7.96. The van der Waals surface area contributed by atoms with Gasteiger partial charge in [0.25, 0.3) is 5.91 Å². The van der Waals surface area contributed by atoms with Crippen molar-refractivity contribution in [3.05, 3.63) is 65.7 Å². The van der Waals surface area contributed by atoms with Gasteiger partial charge in [-0.05, 0) is 49.2 Å². The molecule has 1 unspecified atom stereocenters. The predicted molar refractivity (Wildman–Crippen MR) is 132 cm³/mol. The molecule has 0 saturated carbocycles. The highest BCUT2D eigenvalue weighted by molar-refractivity contribution is 5.95. The number of anilines is 1. The third-order valence-electron chi connectivity index (χ3n) is 6.76. The molecule has 1 atom stereocenters. The van der Waals surface area contributed by atoms with Gasteiger partial charge in [-0.25, -0.2) is 4.79 Å². The number of nitrogens with zero attached hydrogens (tertiary/aromatic N) is 3. The second-order valence-corrected chi connectivity index (χ2v) is 8.86. The zero-order valence-corrected chi connectivity index (χ0v) is 19.5. The SMILES string of the molecule is CCN1CCN(C2CCN(C(=O)Nc3ccc(C(=O)NCCc4ccccc4)cc3)C2)CC1. The maximum absolute atomic E-state index is 12.7. The van der Waals surface area contributed by atoms with E-state index in [1.807, 2.05) is 23.1 Å². The third-order valence-corrected chi connectivity index (χ3v) is 6.76. The van der Waals surface area contributed by atoms with Crippen molar-refractivity contribution in [2.45, 2.75) is 25.8 Å². The Labute approximate surface area is 196 Å². The van der Waals surface area contributed by atoms with Crippen LogP contribution < -0.4 is 10.6 Å². The van der Waals surface area contributed by atoms with Gasteiger partial charge in [0.1, 0.15) is 0 Å². The van der Waals surface area contributed by atoms with Crippen molar-refractivity contribution in [3.8, 4) is 0 Å². The van der Waals surface area contributed by atoms with Crippen LogP contribution in [0.1, 0.15) is 29.3 Å². The first kappa shape index (κ1) is 23.3. The lowest BCUT2D eigenvalue weighted by atomic mass is 10.1. The molecule has 2 saturated heterocycles. The van der Waals surface area contributed by atoms with Gasteiger partial charge in [0.2, 0.25) is 0 Å². The van der Waals surface area contributed by atoms with Crippen molar-refractivity contribution < 1.29 is 9.59 Å². The van der Waals surface area contributed by atoms with Crippen molar-refractivity contribution in [2.24, 2.45) is 0 Å². The Bertz CT molecular complexity index is 910. The van der Waals surface area contributed by atoms with Crippen LogP contribution in [0.5, 0.6) is 0 Å². The van der Waals surface area contributed by atoms with E-state index in [1.54, 1.807) is 24.3 Å². The van der Waals surface area contributed by atoms with Gasteiger partial charge in [0.15, 0.2) is 0 Å². The first-order chi connectivity index (χ1) is 16.1. The molecular weight excluding hydrogens is 414 g/mol. The molecular formula is C26H35N5O2. The van der Waals surface area contributed by atoms with E-state index in [2.05, 4.69) is 39.5 Å². The van der Waals surface area contributed by atoms with Crippen molar-refractivity contribution in [3.63, 3.8) is 0 Å². The van der Waals surface area contributed by atoms with Crippen LogP contribution in [0.2, 0.25) is 0 Å². The Morgan fingerprint density at radius 3 is 2.36 bits per heavy atom.